The van der Waals surface area contributed by atoms with E-state index in [1.54, 1.807) is 13.2 Å². The zero-order chi connectivity index (χ0) is 23.5. The van der Waals surface area contributed by atoms with E-state index in [9.17, 15) is 18.8 Å². The average Bonchev–Trinajstić information content (AvgIpc) is 3.29. The van der Waals surface area contributed by atoms with Crippen molar-refractivity contribution in [1.82, 2.24) is 9.47 Å². The Hall–Kier alpha value is -3.85. The highest BCUT2D eigenvalue weighted by atomic mass is 32.2. The number of nitrogens with one attached hydrogen (secondary N) is 1. The first kappa shape index (κ1) is 22.3. The molecule has 3 amide bonds. The molecule has 1 aliphatic heterocycles. The van der Waals surface area contributed by atoms with Crippen LogP contribution in [-0.2, 0) is 9.59 Å². The summed E-state index contributed by atoms with van der Waals surface area (Å²) in [5.74, 6) is -0.800. The van der Waals surface area contributed by atoms with Gasteiger partial charge in [0.15, 0.2) is 0 Å². The van der Waals surface area contributed by atoms with Gasteiger partial charge in [0.25, 0.3) is 11.1 Å². The monoisotopic (exact) mass is 465 g/mol. The van der Waals surface area contributed by atoms with Gasteiger partial charge in [0.05, 0.1) is 12.0 Å². The van der Waals surface area contributed by atoms with E-state index in [2.05, 4.69) is 5.32 Å². The van der Waals surface area contributed by atoms with Crippen LogP contribution < -0.4 is 10.1 Å². The predicted octanol–water partition coefficient (Wildman–Crippen LogP) is 4.61. The Morgan fingerprint density at radius 2 is 1.76 bits per heavy atom. The predicted molar refractivity (Wildman–Crippen MR) is 125 cm³/mol. The molecule has 0 atom stereocenters. The number of rotatable bonds is 6. The number of hydrogen-bond donors (Lipinski definition) is 1. The number of methoxy groups -OCH3 is 1. The van der Waals surface area contributed by atoms with Crippen molar-refractivity contribution >= 4 is 40.6 Å². The Morgan fingerprint density at radius 3 is 2.42 bits per heavy atom. The highest BCUT2D eigenvalue weighted by molar-refractivity contribution is 8.18. The maximum absolute atomic E-state index is 13.0. The van der Waals surface area contributed by atoms with Crippen molar-refractivity contribution < 1.29 is 23.5 Å². The van der Waals surface area contributed by atoms with E-state index in [-0.39, 0.29) is 4.91 Å². The number of carbonyl (C=O) groups excluding carboxylic acids is 3. The van der Waals surface area contributed by atoms with Gasteiger partial charge in [-0.25, -0.2) is 4.39 Å². The van der Waals surface area contributed by atoms with Crippen molar-refractivity contribution in [1.29, 1.82) is 0 Å². The van der Waals surface area contributed by atoms with Crippen molar-refractivity contribution in [3.8, 4) is 11.4 Å². The van der Waals surface area contributed by atoms with E-state index in [0.717, 1.165) is 39.5 Å². The van der Waals surface area contributed by atoms with Gasteiger partial charge in [-0.3, -0.25) is 19.3 Å². The molecule has 0 radical (unpaired) electrons. The molecular formula is C24H20FN3O4S. The fourth-order valence-corrected chi connectivity index (χ4v) is 4.23. The molecule has 33 heavy (non-hydrogen) atoms. The quantitative estimate of drug-likeness (QED) is 0.538. The Bertz CT molecular complexity index is 1250. The summed E-state index contributed by atoms with van der Waals surface area (Å²) in [5.41, 5.74) is 2.92. The van der Waals surface area contributed by atoms with Crippen LogP contribution in [0, 0.1) is 12.7 Å². The van der Waals surface area contributed by atoms with Gasteiger partial charge in [0.2, 0.25) is 5.91 Å². The second-order valence-electron chi connectivity index (χ2n) is 7.26. The standard InChI is InChI=1S/C24H20FN3O4S/c1-15-3-8-19(28(15)18-9-11-20(32-2)12-10-18)13-21-23(30)27(24(31)33-21)14-22(29)26-17-6-4-16(25)5-7-17/h3-13H,14H2,1-2H3,(H,26,29)/b21-13-. The minimum absolute atomic E-state index is 0.224. The SMILES string of the molecule is COc1ccc(-n2c(C)ccc2/C=C2\SC(=O)N(CC(=O)Nc3ccc(F)cc3)C2=O)cc1. The maximum atomic E-state index is 13.0. The highest BCUT2D eigenvalue weighted by Crippen LogP contribution is 2.33. The number of amides is 3. The van der Waals surface area contributed by atoms with Gasteiger partial charge in [-0.2, -0.15) is 0 Å². The first-order valence-corrected chi connectivity index (χ1v) is 10.8. The third-order valence-corrected chi connectivity index (χ3v) is 5.93. The minimum atomic E-state index is -0.553. The zero-order valence-corrected chi connectivity index (χ0v) is 18.7. The molecule has 168 valence electrons. The lowest BCUT2D eigenvalue weighted by molar-refractivity contribution is -0.127. The topological polar surface area (TPSA) is 80.6 Å². The van der Waals surface area contributed by atoms with E-state index in [4.69, 9.17) is 4.74 Å². The molecule has 0 bridgehead atoms. The maximum Gasteiger partial charge on any atom is 0.294 e. The molecule has 1 aromatic heterocycles. The van der Waals surface area contributed by atoms with Crippen LogP contribution in [-0.4, -0.2) is 40.2 Å². The molecule has 7 nitrogen and oxygen atoms in total. The van der Waals surface area contributed by atoms with Gasteiger partial charge in [-0.1, -0.05) is 0 Å². The molecule has 1 saturated heterocycles. The van der Waals surface area contributed by atoms with Gasteiger partial charge in [0, 0.05) is 22.8 Å². The second kappa shape index (κ2) is 9.33. The van der Waals surface area contributed by atoms with Crippen LogP contribution in [0.2, 0.25) is 0 Å². The first-order chi connectivity index (χ1) is 15.9. The molecule has 9 heteroatoms. The third-order valence-electron chi connectivity index (χ3n) is 5.02. The van der Waals surface area contributed by atoms with Crippen molar-refractivity contribution in [2.75, 3.05) is 19.0 Å². The normalized spacial score (nSPS) is 14.8. The lowest BCUT2D eigenvalue weighted by Crippen LogP contribution is -2.36. The number of anilines is 1. The summed E-state index contributed by atoms with van der Waals surface area (Å²) in [6, 6.07) is 16.5. The van der Waals surface area contributed by atoms with Crippen LogP contribution in [0.1, 0.15) is 11.4 Å². The molecule has 2 aromatic carbocycles. The van der Waals surface area contributed by atoms with E-state index in [1.165, 1.54) is 24.3 Å². The largest absolute Gasteiger partial charge is 0.497 e. The van der Waals surface area contributed by atoms with Crippen molar-refractivity contribution in [2.45, 2.75) is 6.92 Å². The number of thioether (sulfide) groups is 1. The van der Waals surface area contributed by atoms with Crippen LogP contribution >= 0.6 is 11.8 Å². The fraction of sp³-hybridized carbons (Fsp3) is 0.125. The van der Waals surface area contributed by atoms with E-state index in [0.29, 0.717) is 5.69 Å². The van der Waals surface area contributed by atoms with Crippen LogP contribution in [0.4, 0.5) is 14.9 Å². The number of carbonyl (C=O) groups is 3. The number of ether oxygens (including phenoxy) is 1. The van der Waals surface area contributed by atoms with Crippen LogP contribution in [0.5, 0.6) is 5.75 Å². The molecule has 0 unspecified atom stereocenters. The zero-order valence-electron chi connectivity index (χ0n) is 17.9. The summed E-state index contributed by atoms with van der Waals surface area (Å²) in [7, 11) is 1.59. The smallest absolute Gasteiger partial charge is 0.294 e. The molecule has 1 fully saturated rings. The molecule has 3 aromatic rings. The minimum Gasteiger partial charge on any atom is -0.497 e. The molecule has 1 N–H and O–H groups in total. The lowest BCUT2D eigenvalue weighted by atomic mass is 10.2. The number of nitrogens with zero attached hydrogens (tertiary/aromatic N) is 2. The molecule has 0 aliphatic carbocycles. The Kier molecular flexibility index (Phi) is 6.32. The molecule has 4 rings (SSSR count). The number of halogens is 1. The van der Waals surface area contributed by atoms with Gasteiger partial charge in [0.1, 0.15) is 18.1 Å². The van der Waals surface area contributed by atoms with Crippen LogP contribution in [0.25, 0.3) is 11.8 Å². The number of imide groups is 1. The van der Waals surface area contributed by atoms with Gasteiger partial charge < -0.3 is 14.6 Å². The summed E-state index contributed by atoms with van der Waals surface area (Å²) in [4.78, 5) is 38.7. The summed E-state index contributed by atoms with van der Waals surface area (Å²) >= 11 is 0.782. The summed E-state index contributed by atoms with van der Waals surface area (Å²) in [6.45, 7) is 1.50. The lowest BCUT2D eigenvalue weighted by Gasteiger charge is -2.13. The van der Waals surface area contributed by atoms with Crippen molar-refractivity contribution in [3.63, 3.8) is 0 Å². The molecule has 0 saturated carbocycles. The molecule has 2 heterocycles. The number of aromatic nitrogens is 1. The number of aryl methyl sites for hydroxylation is 1. The van der Waals surface area contributed by atoms with E-state index < -0.39 is 29.4 Å². The first-order valence-electron chi connectivity index (χ1n) is 9.99. The molecular weight excluding hydrogens is 445 g/mol. The van der Waals surface area contributed by atoms with E-state index in [1.807, 2.05) is 47.9 Å². The fourth-order valence-electron chi connectivity index (χ4n) is 3.40. The Balaban J connectivity index is 1.52. The van der Waals surface area contributed by atoms with Gasteiger partial charge >= 0.3 is 0 Å². The van der Waals surface area contributed by atoms with E-state index >= 15 is 0 Å². The Labute approximate surface area is 193 Å². The average molecular weight is 466 g/mol. The van der Waals surface area contributed by atoms with Crippen LogP contribution in [0.3, 0.4) is 0 Å². The van der Waals surface area contributed by atoms with Gasteiger partial charge in [-0.05, 0) is 85.4 Å². The number of hydrogen-bond acceptors (Lipinski definition) is 5. The summed E-state index contributed by atoms with van der Waals surface area (Å²) in [5, 5.41) is 2.02. The molecule has 1 aliphatic rings. The van der Waals surface area contributed by atoms with Gasteiger partial charge in [-0.15, -0.1) is 0 Å². The highest BCUT2D eigenvalue weighted by Gasteiger charge is 2.36. The third kappa shape index (κ3) is 4.83. The van der Waals surface area contributed by atoms with Crippen molar-refractivity contribution in [2.24, 2.45) is 0 Å². The number of benzene rings is 2. The summed E-state index contributed by atoms with van der Waals surface area (Å²) < 4.78 is 20.2. The Morgan fingerprint density at radius 1 is 1.06 bits per heavy atom. The van der Waals surface area contributed by atoms with Crippen LogP contribution in [0.15, 0.2) is 65.6 Å². The summed E-state index contributed by atoms with van der Waals surface area (Å²) in [6.07, 6.45) is 1.64. The molecule has 0 spiro atoms. The second-order valence-corrected chi connectivity index (χ2v) is 8.25. The van der Waals surface area contributed by atoms with Crippen molar-refractivity contribution in [3.05, 3.63) is 82.8 Å².